The molecule has 0 aromatic heterocycles. The molecule has 1 unspecified atom stereocenters. The number of hydrogen-bond donors (Lipinski definition) is 2. The maximum atomic E-state index is 12.1. The zero-order valence-corrected chi connectivity index (χ0v) is 14.7. The molecule has 1 fully saturated rings. The number of urea groups is 1. The predicted molar refractivity (Wildman–Crippen MR) is 88.7 cm³/mol. The van der Waals surface area contributed by atoms with Gasteiger partial charge in [0.2, 0.25) is 0 Å². The smallest absolute Gasteiger partial charge is 0.317 e. The summed E-state index contributed by atoms with van der Waals surface area (Å²) in [5.41, 5.74) is 0.660. The number of carbonyl (C=O) groups is 2. The SMILES string of the molecule is CS(=O)(=O)c1ccc(CNC(=O)N2CCCC(C(=O)O)C2)cc1Cl. The number of aliphatic carboxylic acids is 1. The monoisotopic (exact) mass is 374 g/mol. The lowest BCUT2D eigenvalue weighted by Crippen LogP contribution is -2.46. The summed E-state index contributed by atoms with van der Waals surface area (Å²) in [5.74, 6) is -1.43. The number of likely N-dealkylation sites (tertiary alicyclic amines) is 1. The van der Waals surface area contributed by atoms with Gasteiger partial charge in [0.25, 0.3) is 0 Å². The Balaban J connectivity index is 1.97. The van der Waals surface area contributed by atoms with E-state index in [9.17, 15) is 18.0 Å². The fraction of sp³-hybridized carbons (Fsp3) is 0.467. The second-order valence-corrected chi connectivity index (χ2v) is 8.21. The lowest BCUT2D eigenvalue weighted by molar-refractivity contribution is -0.143. The second-order valence-electron chi connectivity index (χ2n) is 5.82. The first-order valence-corrected chi connectivity index (χ1v) is 9.69. The Bertz CT molecular complexity index is 750. The molecule has 0 radical (unpaired) electrons. The maximum absolute atomic E-state index is 12.1. The largest absolute Gasteiger partial charge is 0.481 e. The molecule has 1 saturated heterocycles. The molecule has 1 aliphatic heterocycles. The number of piperidine rings is 1. The van der Waals surface area contributed by atoms with Gasteiger partial charge in [-0.15, -0.1) is 0 Å². The fourth-order valence-electron chi connectivity index (χ4n) is 2.61. The van der Waals surface area contributed by atoms with Gasteiger partial charge in [-0.3, -0.25) is 4.79 Å². The Morgan fingerprint density at radius 2 is 2.12 bits per heavy atom. The van der Waals surface area contributed by atoms with Crippen molar-refractivity contribution in [3.05, 3.63) is 28.8 Å². The molecule has 2 rings (SSSR count). The molecule has 2 N–H and O–H groups in total. The molecule has 1 atom stereocenters. The van der Waals surface area contributed by atoms with Crippen LogP contribution < -0.4 is 5.32 Å². The minimum atomic E-state index is -3.40. The highest BCUT2D eigenvalue weighted by Crippen LogP contribution is 2.22. The van der Waals surface area contributed by atoms with Crippen LogP contribution in [0.25, 0.3) is 0 Å². The molecule has 1 aromatic rings. The summed E-state index contributed by atoms with van der Waals surface area (Å²) in [5, 5.41) is 11.9. The van der Waals surface area contributed by atoms with Gasteiger partial charge in [0.05, 0.1) is 15.8 Å². The van der Waals surface area contributed by atoms with Gasteiger partial charge >= 0.3 is 12.0 Å². The Morgan fingerprint density at radius 3 is 2.71 bits per heavy atom. The van der Waals surface area contributed by atoms with Crippen LogP contribution in [0.5, 0.6) is 0 Å². The molecule has 1 aromatic carbocycles. The normalized spacial score (nSPS) is 18.2. The van der Waals surface area contributed by atoms with Crippen LogP contribution in [-0.2, 0) is 21.2 Å². The quantitative estimate of drug-likeness (QED) is 0.835. The minimum Gasteiger partial charge on any atom is -0.481 e. The topological polar surface area (TPSA) is 104 Å². The first-order valence-electron chi connectivity index (χ1n) is 7.42. The first-order chi connectivity index (χ1) is 11.2. The van der Waals surface area contributed by atoms with Crippen molar-refractivity contribution in [2.24, 2.45) is 5.92 Å². The third-order valence-corrected chi connectivity index (χ3v) is 5.48. The zero-order valence-electron chi connectivity index (χ0n) is 13.2. The fourth-order valence-corrected chi connectivity index (χ4v) is 3.96. The molecule has 0 aliphatic carbocycles. The minimum absolute atomic E-state index is 0.0413. The van der Waals surface area contributed by atoms with E-state index >= 15 is 0 Å². The van der Waals surface area contributed by atoms with E-state index in [-0.39, 0.29) is 29.0 Å². The first kappa shape index (κ1) is 18.5. The summed E-state index contributed by atoms with van der Waals surface area (Å²) in [6, 6.07) is 4.14. The summed E-state index contributed by atoms with van der Waals surface area (Å²) >= 11 is 5.96. The average Bonchev–Trinajstić information content (AvgIpc) is 2.51. The number of nitrogens with one attached hydrogen (secondary N) is 1. The maximum Gasteiger partial charge on any atom is 0.317 e. The van der Waals surface area contributed by atoms with E-state index in [0.29, 0.717) is 24.9 Å². The number of benzene rings is 1. The number of carboxylic acids is 1. The summed E-state index contributed by atoms with van der Waals surface area (Å²) in [6.45, 7) is 0.884. The van der Waals surface area contributed by atoms with Crippen molar-refractivity contribution in [2.75, 3.05) is 19.3 Å². The Kier molecular flexibility index (Phi) is 5.71. The predicted octanol–water partition coefficient (Wildman–Crippen LogP) is 1.75. The molecular formula is C15H19ClN2O5S. The third kappa shape index (κ3) is 4.61. The van der Waals surface area contributed by atoms with Crippen LogP contribution in [0.4, 0.5) is 4.79 Å². The number of carboxylic acid groups (broad SMARTS) is 1. The molecule has 24 heavy (non-hydrogen) atoms. The molecule has 1 heterocycles. The van der Waals surface area contributed by atoms with Crippen molar-refractivity contribution >= 4 is 33.4 Å². The van der Waals surface area contributed by atoms with E-state index in [1.807, 2.05) is 0 Å². The van der Waals surface area contributed by atoms with Crippen molar-refractivity contribution in [3.63, 3.8) is 0 Å². The number of amides is 2. The molecule has 0 saturated carbocycles. The summed E-state index contributed by atoms with van der Waals surface area (Å²) in [7, 11) is -3.40. The molecule has 2 amide bonds. The van der Waals surface area contributed by atoms with Crippen molar-refractivity contribution in [1.29, 1.82) is 0 Å². The number of carbonyl (C=O) groups excluding carboxylic acids is 1. The Morgan fingerprint density at radius 1 is 1.42 bits per heavy atom. The van der Waals surface area contributed by atoms with Crippen molar-refractivity contribution < 1.29 is 23.1 Å². The number of hydrogen-bond acceptors (Lipinski definition) is 4. The Hall–Kier alpha value is -1.80. The van der Waals surface area contributed by atoms with Crippen molar-refractivity contribution in [2.45, 2.75) is 24.3 Å². The van der Waals surface area contributed by atoms with Gasteiger partial charge in [-0.05, 0) is 30.5 Å². The van der Waals surface area contributed by atoms with Crippen LogP contribution in [0.15, 0.2) is 23.1 Å². The van der Waals surface area contributed by atoms with Crippen LogP contribution in [0.2, 0.25) is 5.02 Å². The molecule has 9 heteroatoms. The molecule has 0 spiro atoms. The number of nitrogens with zero attached hydrogens (tertiary/aromatic N) is 1. The highest BCUT2D eigenvalue weighted by Gasteiger charge is 2.27. The van der Waals surface area contributed by atoms with E-state index in [1.165, 1.54) is 17.0 Å². The standard InChI is InChI=1S/C15H19ClN2O5S/c1-24(22,23)13-5-4-10(7-12(13)16)8-17-15(21)18-6-2-3-11(9-18)14(19)20/h4-5,7,11H,2-3,6,8-9H2,1H3,(H,17,21)(H,19,20). The number of rotatable bonds is 4. The third-order valence-electron chi connectivity index (χ3n) is 3.90. The summed E-state index contributed by atoms with van der Waals surface area (Å²) in [6.07, 6.45) is 2.30. The van der Waals surface area contributed by atoms with Crippen LogP contribution >= 0.6 is 11.6 Å². The highest BCUT2D eigenvalue weighted by molar-refractivity contribution is 7.90. The molecule has 0 bridgehead atoms. The number of halogens is 1. The van der Waals surface area contributed by atoms with Gasteiger partial charge in [-0.1, -0.05) is 17.7 Å². The molecule has 7 nitrogen and oxygen atoms in total. The van der Waals surface area contributed by atoms with E-state index in [2.05, 4.69) is 5.32 Å². The summed E-state index contributed by atoms with van der Waals surface area (Å²) < 4.78 is 23.0. The van der Waals surface area contributed by atoms with Gasteiger partial charge in [0.15, 0.2) is 9.84 Å². The lowest BCUT2D eigenvalue weighted by atomic mass is 9.99. The molecule has 1 aliphatic rings. The average molecular weight is 375 g/mol. The highest BCUT2D eigenvalue weighted by atomic mass is 35.5. The molecular weight excluding hydrogens is 356 g/mol. The Labute approximate surface area is 145 Å². The van der Waals surface area contributed by atoms with E-state index in [0.717, 1.165) is 6.26 Å². The van der Waals surface area contributed by atoms with Crippen LogP contribution in [0.1, 0.15) is 18.4 Å². The van der Waals surface area contributed by atoms with Crippen molar-refractivity contribution in [3.8, 4) is 0 Å². The number of sulfone groups is 1. The van der Waals surface area contributed by atoms with Crippen molar-refractivity contribution in [1.82, 2.24) is 10.2 Å². The van der Waals surface area contributed by atoms with Crippen LogP contribution in [0.3, 0.4) is 0 Å². The van der Waals surface area contributed by atoms with E-state index < -0.39 is 21.7 Å². The second kappa shape index (κ2) is 7.40. The van der Waals surface area contributed by atoms with Crippen LogP contribution in [-0.4, -0.2) is 49.8 Å². The zero-order chi connectivity index (χ0) is 17.9. The van der Waals surface area contributed by atoms with Gasteiger partial charge in [0.1, 0.15) is 0 Å². The van der Waals surface area contributed by atoms with E-state index in [1.54, 1.807) is 6.07 Å². The van der Waals surface area contributed by atoms with Gasteiger partial charge in [0, 0.05) is 25.9 Å². The van der Waals surface area contributed by atoms with Gasteiger partial charge in [-0.2, -0.15) is 0 Å². The van der Waals surface area contributed by atoms with Gasteiger partial charge in [-0.25, -0.2) is 13.2 Å². The lowest BCUT2D eigenvalue weighted by Gasteiger charge is -2.30. The van der Waals surface area contributed by atoms with Crippen LogP contribution in [0, 0.1) is 5.92 Å². The molecule has 132 valence electrons. The van der Waals surface area contributed by atoms with Gasteiger partial charge < -0.3 is 15.3 Å². The summed E-state index contributed by atoms with van der Waals surface area (Å²) in [4.78, 5) is 24.7. The van der Waals surface area contributed by atoms with E-state index in [4.69, 9.17) is 16.7 Å².